The lowest BCUT2D eigenvalue weighted by Crippen LogP contribution is -2.20. The number of nitrogens with two attached hydrogens (primary N) is 1. The third-order valence-corrected chi connectivity index (χ3v) is 6.66. The number of carbonyl (C=O) groups is 1. The number of allylic oxidation sites excluding steroid dienone is 2. The normalized spacial score (nSPS) is 12.5. The molecule has 0 fully saturated rings. The molecule has 0 radical (unpaired) electrons. The number of halogens is 2. The first-order valence-electron chi connectivity index (χ1n) is 11.6. The van der Waals surface area contributed by atoms with Crippen molar-refractivity contribution in [1.29, 1.82) is 5.41 Å². The Labute approximate surface area is 225 Å². The minimum absolute atomic E-state index is 0.0948. The molecule has 4 N–H and O–H groups in total. The summed E-state index contributed by atoms with van der Waals surface area (Å²) in [5.41, 5.74) is 10.3. The molecule has 190 valence electrons. The van der Waals surface area contributed by atoms with E-state index in [2.05, 4.69) is 0 Å². The number of aromatic nitrogens is 1. The van der Waals surface area contributed by atoms with Crippen molar-refractivity contribution in [3.05, 3.63) is 81.2 Å². The number of pyridine rings is 1. The van der Waals surface area contributed by atoms with Gasteiger partial charge in [0.2, 0.25) is 11.5 Å². The number of ketones is 1. The van der Waals surface area contributed by atoms with Gasteiger partial charge in [-0.15, -0.1) is 0 Å². The van der Waals surface area contributed by atoms with Crippen LogP contribution in [-0.4, -0.2) is 22.1 Å². The molecular weight excluding hydrogens is 509 g/mol. The molecule has 0 aliphatic heterocycles. The molecule has 0 saturated heterocycles. The van der Waals surface area contributed by atoms with E-state index in [0.717, 1.165) is 11.1 Å². The summed E-state index contributed by atoms with van der Waals surface area (Å²) in [6.45, 7) is 6.73. The molecule has 4 aromatic rings. The summed E-state index contributed by atoms with van der Waals surface area (Å²) in [4.78, 5) is 17.9. The van der Waals surface area contributed by atoms with E-state index in [-0.39, 0.29) is 23.9 Å². The monoisotopic (exact) mass is 535 g/mol. The van der Waals surface area contributed by atoms with Crippen LogP contribution in [0.3, 0.4) is 0 Å². The van der Waals surface area contributed by atoms with Crippen molar-refractivity contribution in [2.75, 3.05) is 0 Å². The van der Waals surface area contributed by atoms with Gasteiger partial charge in [-0.05, 0) is 42.3 Å². The highest BCUT2D eigenvalue weighted by atomic mass is 35.5. The summed E-state index contributed by atoms with van der Waals surface area (Å²) in [5, 5.41) is 19.4. The molecule has 2 aromatic carbocycles. The molecule has 0 bridgehead atoms. The number of rotatable bonds is 6. The first-order chi connectivity index (χ1) is 17.5. The molecule has 8 heteroatoms. The first-order valence-corrected chi connectivity index (χ1v) is 12.4. The number of aliphatic hydroxyl groups excluding tert-OH is 1. The fourth-order valence-corrected chi connectivity index (χ4v) is 4.50. The molecule has 0 saturated carbocycles. The van der Waals surface area contributed by atoms with E-state index in [0.29, 0.717) is 49.1 Å². The number of hydrogen-bond acceptors (Lipinski definition) is 6. The average molecular weight is 536 g/mol. The quantitative estimate of drug-likeness (QED) is 0.174. The van der Waals surface area contributed by atoms with Gasteiger partial charge in [0.1, 0.15) is 0 Å². The summed E-state index contributed by atoms with van der Waals surface area (Å²) in [7, 11) is 0. The van der Waals surface area contributed by atoms with Crippen LogP contribution >= 0.6 is 23.2 Å². The molecule has 6 nitrogen and oxygen atoms in total. The molecule has 4 rings (SSSR count). The zero-order valence-corrected chi connectivity index (χ0v) is 22.5. The van der Waals surface area contributed by atoms with Gasteiger partial charge in [-0.2, -0.15) is 0 Å². The van der Waals surface area contributed by atoms with Crippen LogP contribution in [0, 0.1) is 10.8 Å². The zero-order valence-electron chi connectivity index (χ0n) is 20.9. The summed E-state index contributed by atoms with van der Waals surface area (Å²) in [6, 6.07) is 14.5. The van der Waals surface area contributed by atoms with Crippen LogP contribution in [-0.2, 0) is 6.61 Å². The van der Waals surface area contributed by atoms with E-state index in [4.69, 9.17) is 43.7 Å². The second kappa shape index (κ2) is 10.1. The minimum atomic E-state index is -0.708. The van der Waals surface area contributed by atoms with Crippen LogP contribution in [0.5, 0.6) is 0 Å². The summed E-state index contributed by atoms with van der Waals surface area (Å²) in [5.74, 6) is -0.132. The van der Waals surface area contributed by atoms with Gasteiger partial charge >= 0.3 is 0 Å². The van der Waals surface area contributed by atoms with Crippen LogP contribution in [0.1, 0.15) is 49.4 Å². The molecule has 0 amide bonds. The average Bonchev–Trinajstić information content (AvgIpc) is 3.20. The Hall–Kier alpha value is -3.45. The highest BCUT2D eigenvalue weighted by Crippen LogP contribution is 2.40. The Bertz CT molecular complexity index is 1560. The van der Waals surface area contributed by atoms with E-state index >= 15 is 0 Å². The number of Topliss-reactive ketones (excluding diaryl/α,β-unsaturated/α-hetero) is 1. The molecule has 2 heterocycles. The third kappa shape index (κ3) is 5.05. The maximum Gasteiger partial charge on any atom is 0.227 e. The molecule has 2 aromatic heterocycles. The van der Waals surface area contributed by atoms with E-state index in [1.807, 2.05) is 30.3 Å². The Morgan fingerprint density at radius 2 is 1.78 bits per heavy atom. The number of fused-ring (bicyclic) bond motifs is 1. The number of hydrogen-bond donors (Lipinski definition) is 3. The first kappa shape index (κ1) is 26.6. The molecule has 37 heavy (non-hydrogen) atoms. The zero-order chi connectivity index (χ0) is 27.1. The van der Waals surface area contributed by atoms with Gasteiger partial charge < -0.3 is 20.7 Å². The number of aliphatic hydroxyl groups is 1. The van der Waals surface area contributed by atoms with E-state index in [9.17, 15) is 9.90 Å². The smallest absolute Gasteiger partial charge is 0.227 e. The minimum Gasteiger partial charge on any atom is -0.434 e. The van der Waals surface area contributed by atoms with Gasteiger partial charge in [-0.1, -0.05) is 68.2 Å². The van der Waals surface area contributed by atoms with Gasteiger partial charge in [0.15, 0.2) is 5.76 Å². The van der Waals surface area contributed by atoms with Crippen LogP contribution in [0.15, 0.2) is 58.6 Å². The molecule has 0 aliphatic rings. The topological polar surface area (TPSA) is 113 Å². The van der Waals surface area contributed by atoms with Gasteiger partial charge in [0.25, 0.3) is 0 Å². The van der Waals surface area contributed by atoms with E-state index < -0.39 is 5.41 Å². The highest BCUT2D eigenvalue weighted by molar-refractivity contribution is 6.34. The summed E-state index contributed by atoms with van der Waals surface area (Å²) >= 11 is 12.9. The molecule has 0 aliphatic carbocycles. The van der Waals surface area contributed by atoms with Crippen molar-refractivity contribution >= 4 is 51.9 Å². The second-order valence-corrected chi connectivity index (χ2v) is 10.7. The Balaban J connectivity index is 2.02. The molecule has 0 unspecified atom stereocenters. The maximum atomic E-state index is 13.1. The fourth-order valence-electron chi connectivity index (χ4n) is 4.11. The highest BCUT2D eigenvalue weighted by Gasteiger charge is 2.31. The van der Waals surface area contributed by atoms with Crippen LogP contribution in [0.4, 0.5) is 0 Å². The van der Waals surface area contributed by atoms with Crippen LogP contribution < -0.4 is 5.73 Å². The lowest BCUT2D eigenvalue weighted by Gasteiger charge is -2.15. The van der Waals surface area contributed by atoms with Crippen molar-refractivity contribution < 1.29 is 14.3 Å². The predicted octanol–water partition coefficient (Wildman–Crippen LogP) is 7.53. The van der Waals surface area contributed by atoms with Crippen molar-refractivity contribution in [3.63, 3.8) is 0 Å². The van der Waals surface area contributed by atoms with Gasteiger partial charge in [-0.3, -0.25) is 4.79 Å². The lowest BCUT2D eigenvalue weighted by molar-refractivity contribution is 0.0826. The Kier molecular flexibility index (Phi) is 7.29. The van der Waals surface area contributed by atoms with E-state index in [1.165, 1.54) is 6.21 Å². The van der Waals surface area contributed by atoms with E-state index in [1.54, 1.807) is 45.9 Å². The number of nitrogens with zero attached hydrogens (tertiary/aromatic N) is 1. The Morgan fingerprint density at radius 3 is 2.32 bits per heavy atom. The third-order valence-electron chi connectivity index (χ3n) is 6.09. The molecule has 0 atom stereocenters. The van der Waals surface area contributed by atoms with Crippen LogP contribution in [0.25, 0.3) is 39.1 Å². The number of carbonyl (C=O) groups excluding carboxylic acids is 1. The number of nitrogens with one attached hydrogen (secondary N) is 1. The summed E-state index contributed by atoms with van der Waals surface area (Å²) in [6.07, 6.45) is 1.19. The van der Waals surface area contributed by atoms with Gasteiger partial charge in [-0.25, -0.2) is 4.98 Å². The largest absolute Gasteiger partial charge is 0.434 e. The number of benzene rings is 2. The lowest BCUT2D eigenvalue weighted by atomic mass is 9.88. The van der Waals surface area contributed by atoms with Crippen molar-refractivity contribution in [2.24, 2.45) is 11.1 Å². The Morgan fingerprint density at radius 1 is 1.11 bits per heavy atom. The number of furan rings is 1. The van der Waals surface area contributed by atoms with Crippen molar-refractivity contribution in [3.8, 4) is 22.4 Å². The van der Waals surface area contributed by atoms with Crippen molar-refractivity contribution in [1.82, 2.24) is 4.98 Å². The van der Waals surface area contributed by atoms with Gasteiger partial charge in [0.05, 0.1) is 17.3 Å². The standard InChI is InChI=1S/C29H27Cl2N3O3/c1-15(33)22(13-32)17-7-10-19(24(31)11-17)25-20(16-5-8-18(30)9-6-16)12-21-23(14-35)26(37-28(21)34-25)27(36)29(2,3)4/h5-13,32,35H,14,33H2,1-4H3/b22-15+,32-13?. The second-order valence-electron chi connectivity index (χ2n) is 9.83. The van der Waals surface area contributed by atoms with Crippen LogP contribution in [0.2, 0.25) is 10.0 Å². The fraction of sp³-hybridized carbons (Fsp3) is 0.207. The van der Waals surface area contributed by atoms with Gasteiger partial charge in [0, 0.05) is 50.0 Å². The summed E-state index contributed by atoms with van der Waals surface area (Å²) < 4.78 is 5.96. The molecular formula is C29H27Cl2N3O3. The van der Waals surface area contributed by atoms with Crippen molar-refractivity contribution in [2.45, 2.75) is 34.3 Å². The predicted molar refractivity (Wildman–Crippen MR) is 150 cm³/mol. The SMILES string of the molecule is C/C(N)=C(/C=N)c1ccc(-c2nc3oc(C(=O)C(C)(C)C)c(CO)c3cc2-c2ccc(Cl)cc2)c(Cl)c1. The molecule has 0 spiro atoms. The maximum absolute atomic E-state index is 13.1.